The van der Waals surface area contributed by atoms with Crippen LogP contribution in [0.2, 0.25) is 0 Å². The van der Waals surface area contributed by atoms with E-state index >= 15 is 0 Å². The molecule has 3 atom stereocenters. The predicted octanol–water partition coefficient (Wildman–Crippen LogP) is 3.85. The van der Waals surface area contributed by atoms with Crippen LogP contribution in [0.3, 0.4) is 0 Å². The Morgan fingerprint density at radius 2 is 2.25 bits per heavy atom. The Morgan fingerprint density at radius 3 is 2.69 bits per heavy atom. The van der Waals surface area contributed by atoms with Gasteiger partial charge in [-0.3, -0.25) is 4.79 Å². The molecule has 1 saturated carbocycles. The van der Waals surface area contributed by atoms with Crippen LogP contribution in [0.5, 0.6) is 0 Å². The fourth-order valence-electron chi connectivity index (χ4n) is 2.81. The van der Waals surface area contributed by atoms with Crippen molar-refractivity contribution in [2.24, 2.45) is 17.3 Å². The molecule has 1 aliphatic carbocycles. The van der Waals surface area contributed by atoms with E-state index in [1.54, 1.807) is 0 Å². The SMILES string of the molecule is C=C(C)[C@@H]1C[C@@H](CCBr)CC[C@@]1(C)C(=O)O. The summed E-state index contributed by atoms with van der Waals surface area (Å²) in [5, 5.41) is 10.4. The first-order valence-corrected chi connectivity index (χ1v) is 6.98. The quantitative estimate of drug-likeness (QED) is 0.630. The molecule has 0 aromatic carbocycles. The van der Waals surface area contributed by atoms with Gasteiger partial charge in [-0.2, -0.15) is 0 Å². The summed E-state index contributed by atoms with van der Waals surface area (Å²) in [7, 11) is 0. The van der Waals surface area contributed by atoms with Gasteiger partial charge in [0.2, 0.25) is 0 Å². The highest BCUT2D eigenvalue weighted by molar-refractivity contribution is 9.09. The number of carboxylic acids is 1. The molecule has 0 saturated heterocycles. The van der Waals surface area contributed by atoms with E-state index in [4.69, 9.17) is 0 Å². The number of allylic oxidation sites excluding steroid dienone is 1. The second-order valence-electron chi connectivity index (χ2n) is 5.24. The predicted molar refractivity (Wildman–Crippen MR) is 69.8 cm³/mol. The fraction of sp³-hybridized carbons (Fsp3) is 0.769. The molecule has 0 heterocycles. The Hall–Kier alpha value is -0.310. The van der Waals surface area contributed by atoms with Gasteiger partial charge in [-0.1, -0.05) is 28.1 Å². The number of alkyl halides is 1. The van der Waals surface area contributed by atoms with Gasteiger partial charge in [0.05, 0.1) is 5.41 Å². The van der Waals surface area contributed by atoms with Crippen molar-refractivity contribution in [2.75, 3.05) is 5.33 Å². The van der Waals surface area contributed by atoms with E-state index in [1.165, 1.54) is 0 Å². The third-order valence-corrected chi connectivity index (χ3v) is 4.47. The highest BCUT2D eigenvalue weighted by Gasteiger charge is 2.45. The van der Waals surface area contributed by atoms with Gasteiger partial charge in [-0.15, -0.1) is 0 Å². The standard InChI is InChI=1S/C13H21BrO2/c1-9(2)11-8-10(5-7-14)4-6-13(11,3)12(15)16/h10-11H,1,4-8H2,2-3H3,(H,15,16)/t10-,11+,13-/m1/s1. The molecule has 0 bridgehead atoms. The molecule has 16 heavy (non-hydrogen) atoms. The molecular formula is C13H21BrO2. The Balaban J connectivity index is 2.83. The Labute approximate surface area is 106 Å². The van der Waals surface area contributed by atoms with Gasteiger partial charge < -0.3 is 5.11 Å². The van der Waals surface area contributed by atoms with E-state index < -0.39 is 11.4 Å². The van der Waals surface area contributed by atoms with Crippen LogP contribution < -0.4 is 0 Å². The molecule has 1 fully saturated rings. The Kier molecular flexibility index (Phi) is 4.60. The normalized spacial score (nSPS) is 34.7. The highest BCUT2D eigenvalue weighted by atomic mass is 79.9. The maximum Gasteiger partial charge on any atom is 0.309 e. The molecule has 0 radical (unpaired) electrons. The van der Waals surface area contributed by atoms with Crippen LogP contribution in [0.25, 0.3) is 0 Å². The number of aliphatic carboxylic acids is 1. The molecule has 0 aliphatic heterocycles. The van der Waals surface area contributed by atoms with Gasteiger partial charge in [0.25, 0.3) is 0 Å². The number of hydrogen-bond donors (Lipinski definition) is 1. The zero-order chi connectivity index (χ0) is 12.3. The van der Waals surface area contributed by atoms with Gasteiger partial charge in [0.1, 0.15) is 0 Å². The van der Waals surface area contributed by atoms with Crippen LogP contribution in [0.15, 0.2) is 12.2 Å². The van der Waals surface area contributed by atoms with E-state index in [0.717, 1.165) is 36.6 Å². The summed E-state index contributed by atoms with van der Waals surface area (Å²) in [6, 6.07) is 0. The topological polar surface area (TPSA) is 37.3 Å². The summed E-state index contributed by atoms with van der Waals surface area (Å²) in [4.78, 5) is 11.4. The number of hydrogen-bond acceptors (Lipinski definition) is 1. The zero-order valence-corrected chi connectivity index (χ0v) is 11.7. The molecule has 0 spiro atoms. The lowest BCUT2D eigenvalue weighted by Gasteiger charge is -2.42. The van der Waals surface area contributed by atoms with Gasteiger partial charge in [-0.25, -0.2) is 0 Å². The first-order valence-electron chi connectivity index (χ1n) is 5.86. The lowest BCUT2D eigenvalue weighted by atomic mass is 9.62. The third-order valence-electron chi connectivity index (χ3n) is 4.01. The van der Waals surface area contributed by atoms with Crippen LogP contribution in [0, 0.1) is 17.3 Å². The summed E-state index contributed by atoms with van der Waals surface area (Å²) in [6.07, 6.45) is 3.92. The minimum absolute atomic E-state index is 0.128. The Bertz CT molecular complexity index is 288. The Morgan fingerprint density at radius 1 is 1.62 bits per heavy atom. The van der Waals surface area contributed by atoms with Crippen molar-refractivity contribution in [3.05, 3.63) is 12.2 Å². The van der Waals surface area contributed by atoms with Crippen molar-refractivity contribution in [2.45, 2.75) is 39.5 Å². The molecule has 0 aromatic heterocycles. The van der Waals surface area contributed by atoms with Crippen LogP contribution in [-0.2, 0) is 4.79 Å². The number of carboxylic acid groups (broad SMARTS) is 1. The molecule has 92 valence electrons. The fourth-order valence-corrected chi connectivity index (χ4v) is 3.45. The molecule has 0 amide bonds. The summed E-state index contributed by atoms with van der Waals surface area (Å²) in [6.45, 7) is 7.81. The molecule has 2 nitrogen and oxygen atoms in total. The van der Waals surface area contributed by atoms with E-state index in [1.807, 2.05) is 13.8 Å². The number of rotatable bonds is 4. The van der Waals surface area contributed by atoms with Crippen LogP contribution in [0.4, 0.5) is 0 Å². The van der Waals surface area contributed by atoms with Crippen molar-refractivity contribution < 1.29 is 9.90 Å². The smallest absolute Gasteiger partial charge is 0.309 e. The second kappa shape index (κ2) is 5.35. The van der Waals surface area contributed by atoms with Crippen molar-refractivity contribution >= 4 is 21.9 Å². The van der Waals surface area contributed by atoms with E-state index in [-0.39, 0.29) is 5.92 Å². The van der Waals surface area contributed by atoms with E-state index in [2.05, 4.69) is 22.5 Å². The maximum atomic E-state index is 11.4. The summed E-state index contributed by atoms with van der Waals surface area (Å²) in [5.74, 6) is 0.106. The first kappa shape index (κ1) is 13.8. The van der Waals surface area contributed by atoms with Gasteiger partial charge in [-0.05, 0) is 51.4 Å². The van der Waals surface area contributed by atoms with Crippen molar-refractivity contribution in [1.29, 1.82) is 0 Å². The summed E-state index contributed by atoms with van der Waals surface area (Å²) in [5.41, 5.74) is 0.415. The molecule has 1 N–H and O–H groups in total. The molecular weight excluding hydrogens is 268 g/mol. The lowest BCUT2D eigenvalue weighted by molar-refractivity contribution is -0.153. The average Bonchev–Trinajstić information content (AvgIpc) is 2.20. The minimum Gasteiger partial charge on any atom is -0.481 e. The zero-order valence-electron chi connectivity index (χ0n) is 10.1. The maximum absolute atomic E-state index is 11.4. The molecule has 3 heteroatoms. The van der Waals surface area contributed by atoms with Gasteiger partial charge in [0.15, 0.2) is 0 Å². The highest BCUT2D eigenvalue weighted by Crippen LogP contribution is 2.47. The monoisotopic (exact) mass is 288 g/mol. The number of carbonyl (C=O) groups is 1. The van der Waals surface area contributed by atoms with Gasteiger partial charge in [0, 0.05) is 5.33 Å². The van der Waals surface area contributed by atoms with Crippen LogP contribution in [0.1, 0.15) is 39.5 Å². The van der Waals surface area contributed by atoms with Gasteiger partial charge >= 0.3 is 5.97 Å². The molecule has 1 aliphatic rings. The summed E-state index contributed by atoms with van der Waals surface area (Å²) < 4.78 is 0. The molecule has 1 rings (SSSR count). The van der Waals surface area contributed by atoms with Crippen LogP contribution >= 0.6 is 15.9 Å². The minimum atomic E-state index is -0.669. The van der Waals surface area contributed by atoms with E-state index in [0.29, 0.717) is 5.92 Å². The molecule has 0 unspecified atom stereocenters. The van der Waals surface area contributed by atoms with Crippen molar-refractivity contribution in [3.63, 3.8) is 0 Å². The lowest BCUT2D eigenvalue weighted by Crippen LogP contribution is -2.41. The second-order valence-corrected chi connectivity index (χ2v) is 6.03. The van der Waals surface area contributed by atoms with Crippen LogP contribution in [-0.4, -0.2) is 16.4 Å². The van der Waals surface area contributed by atoms with Crippen molar-refractivity contribution in [1.82, 2.24) is 0 Å². The third kappa shape index (κ3) is 2.68. The summed E-state index contributed by atoms with van der Waals surface area (Å²) >= 11 is 3.46. The van der Waals surface area contributed by atoms with Crippen molar-refractivity contribution in [3.8, 4) is 0 Å². The first-order chi connectivity index (χ1) is 7.41. The van der Waals surface area contributed by atoms with E-state index in [9.17, 15) is 9.90 Å². The molecule has 0 aromatic rings. The largest absolute Gasteiger partial charge is 0.481 e. The number of halogens is 1. The average molecular weight is 289 g/mol.